The lowest BCUT2D eigenvalue weighted by Crippen LogP contribution is -2.40. The van der Waals surface area contributed by atoms with Crippen molar-refractivity contribution in [2.45, 2.75) is 6.10 Å². The number of nitro benzene ring substituents is 1. The second kappa shape index (κ2) is 5.87. The molecule has 1 aromatic rings. The molecule has 9 heteroatoms. The van der Waals surface area contributed by atoms with Crippen LogP contribution in [0.2, 0.25) is 0 Å². The van der Waals surface area contributed by atoms with E-state index in [-0.39, 0.29) is 0 Å². The lowest BCUT2D eigenvalue weighted by Gasteiger charge is -2.08. The predicted octanol–water partition coefficient (Wildman–Crippen LogP) is -0.690. The second-order valence-corrected chi connectivity index (χ2v) is 3.55. The summed E-state index contributed by atoms with van der Waals surface area (Å²) in [5.41, 5.74) is 3.65. The Morgan fingerprint density at radius 1 is 1.53 bits per heavy atom. The number of aliphatic hydroxyl groups excluding tert-OH is 1. The normalized spacial score (nSPS) is 11.7. The van der Waals surface area contributed by atoms with Gasteiger partial charge >= 0.3 is 0 Å². The van der Waals surface area contributed by atoms with E-state index in [0.717, 1.165) is 12.1 Å². The zero-order valence-electron chi connectivity index (χ0n) is 9.50. The number of rotatable bonds is 5. The number of carbonyl (C=O) groups excluding carboxylic acids is 2. The van der Waals surface area contributed by atoms with Gasteiger partial charge in [0, 0.05) is 6.07 Å². The Morgan fingerprint density at radius 2 is 2.16 bits per heavy atom. The SMILES string of the molecule is NC(=O)C(O)CNC(=O)c1cc(F)ccc1[N+](=O)[O-]. The zero-order valence-corrected chi connectivity index (χ0v) is 9.50. The van der Waals surface area contributed by atoms with Gasteiger partial charge in [-0.15, -0.1) is 0 Å². The summed E-state index contributed by atoms with van der Waals surface area (Å²) in [4.78, 5) is 31.9. The maximum atomic E-state index is 13.0. The molecule has 1 rings (SSSR count). The molecule has 0 saturated carbocycles. The molecule has 0 spiro atoms. The lowest BCUT2D eigenvalue weighted by molar-refractivity contribution is -0.385. The summed E-state index contributed by atoms with van der Waals surface area (Å²) in [6.07, 6.45) is -1.63. The van der Waals surface area contributed by atoms with Gasteiger partial charge in [0.2, 0.25) is 5.91 Å². The summed E-state index contributed by atoms with van der Waals surface area (Å²) in [5.74, 6) is -2.88. The van der Waals surface area contributed by atoms with Crippen molar-refractivity contribution in [1.29, 1.82) is 0 Å². The second-order valence-electron chi connectivity index (χ2n) is 3.55. The number of hydrogen-bond acceptors (Lipinski definition) is 5. The largest absolute Gasteiger partial charge is 0.381 e. The molecule has 1 unspecified atom stereocenters. The van der Waals surface area contributed by atoms with Gasteiger partial charge in [0.05, 0.1) is 11.5 Å². The Balaban J connectivity index is 2.90. The maximum Gasteiger partial charge on any atom is 0.282 e. The molecule has 0 saturated heterocycles. The van der Waals surface area contributed by atoms with Crippen molar-refractivity contribution in [3.63, 3.8) is 0 Å². The molecule has 0 heterocycles. The van der Waals surface area contributed by atoms with Gasteiger partial charge in [-0.05, 0) is 12.1 Å². The highest BCUT2D eigenvalue weighted by Gasteiger charge is 2.22. The molecule has 4 N–H and O–H groups in total. The van der Waals surface area contributed by atoms with E-state index < -0.39 is 46.5 Å². The number of hydrogen-bond donors (Lipinski definition) is 3. The van der Waals surface area contributed by atoms with Crippen molar-refractivity contribution in [3.8, 4) is 0 Å². The Morgan fingerprint density at radius 3 is 2.68 bits per heavy atom. The third-order valence-electron chi connectivity index (χ3n) is 2.18. The molecule has 0 aliphatic heterocycles. The Labute approximate surface area is 106 Å². The lowest BCUT2D eigenvalue weighted by atomic mass is 10.1. The molecule has 19 heavy (non-hydrogen) atoms. The van der Waals surface area contributed by atoms with Crippen LogP contribution in [0.1, 0.15) is 10.4 Å². The van der Waals surface area contributed by atoms with Crippen LogP contribution in [0, 0.1) is 15.9 Å². The van der Waals surface area contributed by atoms with Crippen molar-refractivity contribution >= 4 is 17.5 Å². The number of nitrogens with zero attached hydrogens (tertiary/aromatic N) is 1. The van der Waals surface area contributed by atoms with Gasteiger partial charge < -0.3 is 16.2 Å². The quantitative estimate of drug-likeness (QED) is 0.481. The summed E-state index contributed by atoms with van der Waals surface area (Å²) in [5, 5.41) is 21.8. The van der Waals surface area contributed by atoms with Crippen LogP contribution in [0.5, 0.6) is 0 Å². The van der Waals surface area contributed by atoms with E-state index in [2.05, 4.69) is 0 Å². The number of benzene rings is 1. The van der Waals surface area contributed by atoms with Crippen molar-refractivity contribution in [2.24, 2.45) is 5.73 Å². The van der Waals surface area contributed by atoms with Crippen LogP contribution in [-0.2, 0) is 4.79 Å². The van der Waals surface area contributed by atoms with Gasteiger partial charge in [-0.2, -0.15) is 0 Å². The number of carbonyl (C=O) groups is 2. The minimum atomic E-state index is -1.63. The van der Waals surface area contributed by atoms with Crippen LogP contribution in [0.25, 0.3) is 0 Å². The minimum absolute atomic E-state index is 0.512. The first-order valence-corrected chi connectivity index (χ1v) is 5.02. The van der Waals surface area contributed by atoms with Crippen molar-refractivity contribution in [2.75, 3.05) is 6.54 Å². The van der Waals surface area contributed by atoms with Crippen LogP contribution in [0.15, 0.2) is 18.2 Å². The van der Waals surface area contributed by atoms with E-state index in [0.29, 0.717) is 6.07 Å². The third kappa shape index (κ3) is 3.71. The van der Waals surface area contributed by atoms with Crippen molar-refractivity contribution in [3.05, 3.63) is 39.7 Å². The van der Waals surface area contributed by atoms with Crippen molar-refractivity contribution < 1.29 is 24.0 Å². The van der Waals surface area contributed by atoms with Crippen LogP contribution >= 0.6 is 0 Å². The average molecular weight is 271 g/mol. The van der Waals surface area contributed by atoms with Gasteiger partial charge in [-0.3, -0.25) is 19.7 Å². The van der Waals surface area contributed by atoms with E-state index >= 15 is 0 Å². The van der Waals surface area contributed by atoms with Gasteiger partial charge in [0.15, 0.2) is 0 Å². The maximum absolute atomic E-state index is 13.0. The Kier molecular flexibility index (Phi) is 4.48. The first-order valence-electron chi connectivity index (χ1n) is 5.02. The monoisotopic (exact) mass is 271 g/mol. The van der Waals surface area contributed by atoms with Crippen LogP contribution < -0.4 is 11.1 Å². The topological polar surface area (TPSA) is 136 Å². The number of primary amides is 1. The van der Waals surface area contributed by atoms with Gasteiger partial charge in [0.1, 0.15) is 17.5 Å². The number of halogens is 1. The summed E-state index contributed by atoms with van der Waals surface area (Å²) < 4.78 is 13.0. The van der Waals surface area contributed by atoms with Crippen molar-refractivity contribution in [1.82, 2.24) is 5.32 Å². The molecule has 0 fully saturated rings. The number of nitrogens with two attached hydrogens (primary N) is 1. The zero-order chi connectivity index (χ0) is 14.6. The first kappa shape index (κ1) is 14.5. The summed E-state index contributed by atoms with van der Waals surface area (Å²) in [7, 11) is 0. The molecule has 0 aliphatic carbocycles. The molecule has 0 aromatic heterocycles. The van der Waals surface area contributed by atoms with E-state index in [9.17, 15) is 24.1 Å². The standard InChI is InChI=1S/C10H10FN3O5/c11-5-1-2-7(14(18)19)6(3-5)10(17)13-4-8(15)9(12)16/h1-3,8,15H,4H2,(H2,12,16)(H,13,17). The molecule has 0 bridgehead atoms. The summed E-state index contributed by atoms with van der Waals surface area (Å²) in [6.45, 7) is -0.526. The highest BCUT2D eigenvalue weighted by molar-refractivity contribution is 5.98. The molecular formula is C10H10FN3O5. The molecule has 0 aliphatic rings. The van der Waals surface area contributed by atoms with E-state index in [1.54, 1.807) is 0 Å². The first-order chi connectivity index (χ1) is 8.82. The molecule has 0 radical (unpaired) electrons. The number of nitrogens with one attached hydrogen (secondary N) is 1. The van der Waals surface area contributed by atoms with Crippen LogP contribution in [-0.4, -0.2) is 34.5 Å². The summed E-state index contributed by atoms with van der Waals surface area (Å²) in [6, 6.07) is 2.37. The van der Waals surface area contributed by atoms with E-state index in [1.807, 2.05) is 5.32 Å². The fourth-order valence-corrected chi connectivity index (χ4v) is 1.23. The molecule has 8 nitrogen and oxygen atoms in total. The fraction of sp³-hybridized carbons (Fsp3) is 0.200. The molecule has 1 atom stereocenters. The fourth-order valence-electron chi connectivity index (χ4n) is 1.23. The van der Waals surface area contributed by atoms with Gasteiger partial charge in [-0.1, -0.05) is 0 Å². The van der Waals surface area contributed by atoms with Gasteiger partial charge in [0.25, 0.3) is 11.6 Å². The van der Waals surface area contributed by atoms with E-state index in [4.69, 9.17) is 10.8 Å². The minimum Gasteiger partial charge on any atom is -0.381 e. The molecular weight excluding hydrogens is 261 g/mol. The average Bonchev–Trinajstić information content (AvgIpc) is 2.34. The Bertz CT molecular complexity index is 534. The predicted molar refractivity (Wildman–Crippen MR) is 60.6 cm³/mol. The smallest absolute Gasteiger partial charge is 0.282 e. The third-order valence-corrected chi connectivity index (χ3v) is 2.18. The Hall–Kier alpha value is -2.55. The molecule has 1 aromatic carbocycles. The van der Waals surface area contributed by atoms with Crippen LogP contribution in [0.4, 0.5) is 10.1 Å². The number of amides is 2. The molecule has 2 amide bonds. The number of aliphatic hydroxyl groups is 1. The molecule has 102 valence electrons. The summed E-state index contributed by atoms with van der Waals surface area (Å²) >= 11 is 0. The van der Waals surface area contributed by atoms with E-state index in [1.165, 1.54) is 0 Å². The number of nitro groups is 1. The highest BCUT2D eigenvalue weighted by atomic mass is 19.1. The van der Waals surface area contributed by atoms with Gasteiger partial charge in [-0.25, -0.2) is 4.39 Å². The van der Waals surface area contributed by atoms with Crippen LogP contribution in [0.3, 0.4) is 0 Å². The highest BCUT2D eigenvalue weighted by Crippen LogP contribution is 2.19.